The number of aromatic nitrogens is 1. The normalized spacial score (nSPS) is 17.6. The maximum atomic E-state index is 13.2. The molecule has 1 fully saturated rings. The number of amides is 1. The summed E-state index contributed by atoms with van der Waals surface area (Å²) in [5.74, 6) is -1.43. The second kappa shape index (κ2) is 8.48. The molecule has 1 atom stereocenters. The van der Waals surface area contributed by atoms with E-state index < -0.39 is 17.7 Å². The maximum absolute atomic E-state index is 13.2. The van der Waals surface area contributed by atoms with Crippen LogP contribution in [0.2, 0.25) is 5.02 Å². The van der Waals surface area contributed by atoms with E-state index in [0.29, 0.717) is 27.6 Å². The smallest absolute Gasteiger partial charge is 0.300 e. The lowest BCUT2D eigenvalue weighted by molar-refractivity contribution is -0.132. The van der Waals surface area contributed by atoms with Crippen LogP contribution in [0.15, 0.2) is 66.5 Å². The van der Waals surface area contributed by atoms with Gasteiger partial charge in [0.1, 0.15) is 11.5 Å². The average Bonchev–Trinajstić information content (AvgIpc) is 3.06. The van der Waals surface area contributed by atoms with Gasteiger partial charge in [-0.3, -0.25) is 19.5 Å². The standard InChI is InChI=1S/C25H21ClN2O4/c1-14-4-6-18(12-15(14)2)28-22(16-8-10-27-11-9-16)21(24(30)25(28)31)23(29)17-5-7-19(26)20(13-17)32-3/h4-13,22,29H,1-3H3/b23-21+. The van der Waals surface area contributed by atoms with Gasteiger partial charge in [0.05, 0.1) is 23.7 Å². The molecule has 32 heavy (non-hydrogen) atoms. The highest BCUT2D eigenvalue weighted by Gasteiger charge is 2.47. The molecule has 1 N–H and O–H groups in total. The van der Waals surface area contributed by atoms with E-state index in [0.717, 1.165) is 11.1 Å². The average molecular weight is 449 g/mol. The van der Waals surface area contributed by atoms with Gasteiger partial charge in [-0.15, -0.1) is 0 Å². The highest BCUT2D eigenvalue weighted by Crippen LogP contribution is 2.42. The van der Waals surface area contributed by atoms with Crippen molar-refractivity contribution in [1.82, 2.24) is 4.98 Å². The number of rotatable bonds is 4. The van der Waals surface area contributed by atoms with Crippen molar-refractivity contribution >= 4 is 34.7 Å². The summed E-state index contributed by atoms with van der Waals surface area (Å²) in [6.07, 6.45) is 3.17. The Balaban J connectivity index is 1.95. The molecule has 0 saturated carbocycles. The molecular weight excluding hydrogens is 428 g/mol. The molecule has 1 aromatic heterocycles. The molecule has 6 nitrogen and oxygen atoms in total. The lowest BCUT2D eigenvalue weighted by Gasteiger charge is -2.26. The van der Waals surface area contributed by atoms with Gasteiger partial charge in [0.15, 0.2) is 0 Å². The predicted molar refractivity (Wildman–Crippen MR) is 123 cm³/mol. The molecule has 1 amide bonds. The minimum absolute atomic E-state index is 0.0104. The van der Waals surface area contributed by atoms with Crippen molar-refractivity contribution in [3.63, 3.8) is 0 Å². The first-order chi connectivity index (χ1) is 15.3. The Hall–Kier alpha value is -3.64. The molecule has 0 spiro atoms. The molecule has 1 aliphatic heterocycles. The Labute approximate surface area is 190 Å². The lowest BCUT2D eigenvalue weighted by atomic mass is 9.95. The number of anilines is 1. The number of aryl methyl sites for hydroxylation is 2. The first-order valence-electron chi connectivity index (χ1n) is 9.95. The van der Waals surface area contributed by atoms with Gasteiger partial charge in [0.25, 0.3) is 11.7 Å². The van der Waals surface area contributed by atoms with E-state index in [4.69, 9.17) is 16.3 Å². The van der Waals surface area contributed by atoms with Gasteiger partial charge in [-0.05, 0) is 73.0 Å². The Bertz CT molecular complexity index is 1250. The molecule has 2 aromatic carbocycles. The van der Waals surface area contributed by atoms with E-state index in [9.17, 15) is 14.7 Å². The number of carbonyl (C=O) groups is 2. The first kappa shape index (κ1) is 21.6. The van der Waals surface area contributed by atoms with Crippen LogP contribution in [0.5, 0.6) is 5.75 Å². The van der Waals surface area contributed by atoms with Crippen LogP contribution in [0, 0.1) is 13.8 Å². The zero-order valence-electron chi connectivity index (χ0n) is 17.8. The number of Topliss-reactive ketones (excluding diaryl/α,β-unsaturated/α-hetero) is 1. The largest absolute Gasteiger partial charge is 0.507 e. The number of hydrogen-bond acceptors (Lipinski definition) is 5. The summed E-state index contributed by atoms with van der Waals surface area (Å²) in [5.41, 5.74) is 3.59. The Kier molecular flexibility index (Phi) is 5.72. The molecule has 1 unspecified atom stereocenters. The van der Waals surface area contributed by atoms with Crippen molar-refractivity contribution in [3.05, 3.63) is 93.8 Å². The van der Waals surface area contributed by atoms with E-state index in [2.05, 4.69) is 4.98 Å². The summed E-state index contributed by atoms with van der Waals surface area (Å²) in [6, 6.07) is 12.9. The van der Waals surface area contributed by atoms with Gasteiger partial charge in [-0.25, -0.2) is 0 Å². The summed E-state index contributed by atoms with van der Waals surface area (Å²) >= 11 is 6.11. The Morgan fingerprint density at radius 2 is 1.75 bits per heavy atom. The SMILES string of the molecule is COc1cc(/C(O)=C2\C(=O)C(=O)N(c3ccc(C)c(C)c3)C2c2ccncc2)ccc1Cl. The molecule has 0 radical (unpaired) electrons. The number of ketones is 1. The summed E-state index contributed by atoms with van der Waals surface area (Å²) in [4.78, 5) is 31.8. The van der Waals surface area contributed by atoms with Gasteiger partial charge in [0.2, 0.25) is 0 Å². The molecule has 4 rings (SSSR count). The zero-order chi connectivity index (χ0) is 23.0. The highest BCUT2D eigenvalue weighted by atomic mass is 35.5. The third-order valence-electron chi connectivity index (χ3n) is 5.66. The van der Waals surface area contributed by atoms with Crippen molar-refractivity contribution in [2.75, 3.05) is 12.0 Å². The minimum atomic E-state index is -0.818. The van der Waals surface area contributed by atoms with E-state index >= 15 is 0 Å². The molecule has 2 heterocycles. The van der Waals surface area contributed by atoms with Crippen LogP contribution >= 0.6 is 11.6 Å². The number of pyridine rings is 1. The molecule has 1 aliphatic rings. The van der Waals surface area contributed by atoms with Crippen molar-refractivity contribution in [2.24, 2.45) is 0 Å². The highest BCUT2D eigenvalue weighted by molar-refractivity contribution is 6.51. The minimum Gasteiger partial charge on any atom is -0.507 e. The molecule has 0 bridgehead atoms. The van der Waals surface area contributed by atoms with E-state index in [1.165, 1.54) is 18.1 Å². The molecule has 7 heteroatoms. The Morgan fingerprint density at radius 1 is 1.03 bits per heavy atom. The number of nitrogens with zero attached hydrogens (tertiary/aromatic N) is 2. The van der Waals surface area contributed by atoms with Crippen LogP contribution in [-0.2, 0) is 9.59 Å². The monoisotopic (exact) mass is 448 g/mol. The number of methoxy groups -OCH3 is 1. The van der Waals surface area contributed by atoms with E-state index in [-0.39, 0.29) is 11.3 Å². The number of carbonyl (C=O) groups excluding carboxylic acids is 2. The summed E-state index contributed by atoms with van der Waals surface area (Å²) < 4.78 is 5.24. The van der Waals surface area contributed by atoms with Crippen LogP contribution in [0.4, 0.5) is 5.69 Å². The number of ether oxygens (including phenoxy) is 1. The van der Waals surface area contributed by atoms with Crippen molar-refractivity contribution < 1.29 is 19.4 Å². The number of aliphatic hydroxyl groups is 1. The first-order valence-corrected chi connectivity index (χ1v) is 10.3. The van der Waals surface area contributed by atoms with Gasteiger partial charge < -0.3 is 9.84 Å². The van der Waals surface area contributed by atoms with Crippen LogP contribution in [0.3, 0.4) is 0 Å². The van der Waals surface area contributed by atoms with Crippen LogP contribution < -0.4 is 9.64 Å². The fourth-order valence-electron chi connectivity index (χ4n) is 3.80. The van der Waals surface area contributed by atoms with Gasteiger partial charge in [-0.1, -0.05) is 17.7 Å². The van der Waals surface area contributed by atoms with Gasteiger partial charge >= 0.3 is 0 Å². The van der Waals surface area contributed by atoms with Gasteiger partial charge in [0, 0.05) is 23.6 Å². The van der Waals surface area contributed by atoms with Crippen LogP contribution in [0.1, 0.15) is 28.3 Å². The van der Waals surface area contributed by atoms with Gasteiger partial charge in [-0.2, -0.15) is 0 Å². The van der Waals surface area contributed by atoms with Crippen LogP contribution in [-0.4, -0.2) is 28.9 Å². The van der Waals surface area contributed by atoms with Crippen molar-refractivity contribution in [3.8, 4) is 5.75 Å². The topological polar surface area (TPSA) is 79.7 Å². The number of hydrogen-bond donors (Lipinski definition) is 1. The number of benzene rings is 2. The predicted octanol–water partition coefficient (Wildman–Crippen LogP) is 4.99. The molecular formula is C25H21ClN2O4. The summed E-state index contributed by atoms with van der Waals surface area (Å²) in [6.45, 7) is 3.92. The lowest BCUT2D eigenvalue weighted by Crippen LogP contribution is -2.29. The fraction of sp³-hybridized carbons (Fsp3) is 0.160. The maximum Gasteiger partial charge on any atom is 0.300 e. The molecule has 0 aliphatic carbocycles. The second-order valence-corrected chi connectivity index (χ2v) is 7.97. The van der Waals surface area contributed by atoms with Crippen LogP contribution in [0.25, 0.3) is 5.76 Å². The van der Waals surface area contributed by atoms with E-state index in [1.807, 2.05) is 26.0 Å². The number of halogens is 1. The number of aliphatic hydroxyl groups excluding tert-OH is 1. The quantitative estimate of drug-likeness (QED) is 0.345. The fourth-order valence-corrected chi connectivity index (χ4v) is 3.99. The summed E-state index contributed by atoms with van der Waals surface area (Å²) in [7, 11) is 1.46. The van der Waals surface area contributed by atoms with E-state index in [1.54, 1.807) is 42.7 Å². The molecule has 3 aromatic rings. The third-order valence-corrected chi connectivity index (χ3v) is 5.97. The molecule has 162 valence electrons. The van der Waals surface area contributed by atoms with Crippen molar-refractivity contribution in [1.29, 1.82) is 0 Å². The van der Waals surface area contributed by atoms with Crippen molar-refractivity contribution in [2.45, 2.75) is 19.9 Å². The molecule has 1 saturated heterocycles. The summed E-state index contributed by atoms with van der Waals surface area (Å²) in [5, 5.41) is 11.5. The zero-order valence-corrected chi connectivity index (χ0v) is 18.6. The second-order valence-electron chi connectivity index (χ2n) is 7.57. The third kappa shape index (κ3) is 3.63. The Morgan fingerprint density at radius 3 is 2.41 bits per heavy atom.